The number of rotatable bonds is 3. The maximum Gasteiger partial charge on any atom is 0.230 e. The summed E-state index contributed by atoms with van der Waals surface area (Å²) in [6.45, 7) is 4.62. The van der Waals surface area contributed by atoms with Gasteiger partial charge in [0.05, 0.1) is 11.8 Å². The van der Waals surface area contributed by atoms with Gasteiger partial charge in [0, 0.05) is 18.3 Å². The SMILES string of the molecule is CC(C)NC(=O)C1CC1C(=O)N1CCc2ccccc21. The molecule has 1 aromatic carbocycles. The lowest BCUT2D eigenvalue weighted by molar-refractivity contribution is -0.126. The van der Waals surface area contributed by atoms with Crippen molar-refractivity contribution in [2.24, 2.45) is 11.8 Å². The fraction of sp³-hybridized carbons (Fsp3) is 0.500. The highest BCUT2D eigenvalue weighted by atomic mass is 16.2. The summed E-state index contributed by atoms with van der Waals surface area (Å²) < 4.78 is 0. The third-order valence-corrected chi connectivity index (χ3v) is 4.03. The van der Waals surface area contributed by atoms with Crippen molar-refractivity contribution in [1.29, 1.82) is 0 Å². The summed E-state index contributed by atoms with van der Waals surface area (Å²) in [5, 5.41) is 2.89. The van der Waals surface area contributed by atoms with Crippen LogP contribution in [0.25, 0.3) is 0 Å². The summed E-state index contributed by atoms with van der Waals surface area (Å²) >= 11 is 0. The minimum Gasteiger partial charge on any atom is -0.354 e. The van der Waals surface area contributed by atoms with Gasteiger partial charge < -0.3 is 10.2 Å². The van der Waals surface area contributed by atoms with Crippen LogP contribution in [0, 0.1) is 11.8 Å². The van der Waals surface area contributed by atoms with Crippen molar-refractivity contribution >= 4 is 17.5 Å². The molecule has 4 heteroatoms. The molecule has 106 valence electrons. The second kappa shape index (κ2) is 4.93. The Kier molecular flexibility index (Phi) is 3.24. The molecule has 2 aliphatic rings. The van der Waals surface area contributed by atoms with Crippen molar-refractivity contribution in [2.75, 3.05) is 11.4 Å². The highest BCUT2D eigenvalue weighted by Crippen LogP contribution is 2.42. The van der Waals surface area contributed by atoms with Gasteiger partial charge in [0.25, 0.3) is 0 Å². The van der Waals surface area contributed by atoms with E-state index in [1.54, 1.807) is 0 Å². The molecule has 1 aliphatic heterocycles. The summed E-state index contributed by atoms with van der Waals surface area (Å²) in [5.41, 5.74) is 2.25. The molecular formula is C16H20N2O2. The molecule has 2 amide bonds. The minimum atomic E-state index is -0.127. The van der Waals surface area contributed by atoms with Crippen molar-refractivity contribution in [2.45, 2.75) is 32.7 Å². The number of nitrogens with one attached hydrogen (secondary N) is 1. The van der Waals surface area contributed by atoms with E-state index in [2.05, 4.69) is 11.4 Å². The lowest BCUT2D eigenvalue weighted by Crippen LogP contribution is -2.35. The summed E-state index contributed by atoms with van der Waals surface area (Å²) in [4.78, 5) is 26.3. The number of carbonyl (C=O) groups excluding carboxylic acids is 2. The predicted octanol–water partition coefficient (Wildman–Crippen LogP) is 1.74. The first-order chi connectivity index (χ1) is 9.58. The van der Waals surface area contributed by atoms with Crippen molar-refractivity contribution in [3.05, 3.63) is 29.8 Å². The largest absolute Gasteiger partial charge is 0.354 e. The zero-order valence-electron chi connectivity index (χ0n) is 11.9. The first-order valence-corrected chi connectivity index (χ1v) is 7.27. The van der Waals surface area contributed by atoms with Gasteiger partial charge in [-0.3, -0.25) is 9.59 Å². The lowest BCUT2D eigenvalue weighted by atomic mass is 10.2. The van der Waals surface area contributed by atoms with E-state index in [-0.39, 0.29) is 29.7 Å². The third-order valence-electron chi connectivity index (χ3n) is 4.03. The van der Waals surface area contributed by atoms with Gasteiger partial charge in [-0.25, -0.2) is 0 Å². The number of hydrogen-bond donors (Lipinski definition) is 1. The number of carbonyl (C=O) groups is 2. The van der Waals surface area contributed by atoms with Gasteiger partial charge in [0.2, 0.25) is 11.8 Å². The van der Waals surface area contributed by atoms with Crippen molar-refractivity contribution in [3.8, 4) is 0 Å². The Balaban J connectivity index is 1.66. The van der Waals surface area contributed by atoms with Crippen LogP contribution in [0.4, 0.5) is 5.69 Å². The Morgan fingerprint density at radius 2 is 2.00 bits per heavy atom. The smallest absolute Gasteiger partial charge is 0.230 e. The molecule has 4 nitrogen and oxygen atoms in total. The molecule has 0 spiro atoms. The van der Waals surface area contributed by atoms with Crippen LogP contribution in [0.5, 0.6) is 0 Å². The van der Waals surface area contributed by atoms with E-state index < -0.39 is 0 Å². The van der Waals surface area contributed by atoms with Crippen LogP contribution >= 0.6 is 0 Å². The fourth-order valence-electron chi connectivity index (χ4n) is 2.92. The molecule has 0 saturated heterocycles. The van der Waals surface area contributed by atoms with Gasteiger partial charge in [0.1, 0.15) is 0 Å². The van der Waals surface area contributed by atoms with E-state index in [1.807, 2.05) is 36.9 Å². The van der Waals surface area contributed by atoms with Crippen LogP contribution in [0.3, 0.4) is 0 Å². The van der Waals surface area contributed by atoms with Gasteiger partial charge in [-0.15, -0.1) is 0 Å². The van der Waals surface area contributed by atoms with Crippen molar-refractivity contribution < 1.29 is 9.59 Å². The zero-order valence-corrected chi connectivity index (χ0v) is 11.9. The van der Waals surface area contributed by atoms with Crippen molar-refractivity contribution in [3.63, 3.8) is 0 Å². The second-order valence-electron chi connectivity index (χ2n) is 5.98. The highest BCUT2D eigenvalue weighted by Gasteiger charge is 2.50. The maximum atomic E-state index is 12.5. The molecule has 20 heavy (non-hydrogen) atoms. The first kappa shape index (κ1) is 13.2. The van der Waals surface area contributed by atoms with Crippen LogP contribution in [0.1, 0.15) is 25.8 Å². The molecule has 0 bridgehead atoms. The van der Waals surface area contributed by atoms with Crippen LogP contribution in [0.15, 0.2) is 24.3 Å². The summed E-state index contributed by atoms with van der Waals surface area (Å²) in [6, 6.07) is 8.15. The fourth-order valence-corrected chi connectivity index (χ4v) is 2.92. The standard InChI is InChI=1S/C16H20N2O2/c1-10(2)17-15(19)12-9-13(12)16(20)18-8-7-11-5-3-4-6-14(11)18/h3-6,10,12-13H,7-9H2,1-2H3,(H,17,19). The normalized spacial score (nSPS) is 23.6. The Hall–Kier alpha value is -1.84. The maximum absolute atomic E-state index is 12.5. The van der Waals surface area contributed by atoms with Crippen LogP contribution in [-0.4, -0.2) is 24.4 Å². The molecule has 1 aliphatic carbocycles. The van der Waals surface area contributed by atoms with Gasteiger partial charge >= 0.3 is 0 Å². The summed E-state index contributed by atoms with van der Waals surface area (Å²) in [5.74, 6) is -0.123. The zero-order chi connectivity index (χ0) is 14.3. The van der Waals surface area contributed by atoms with E-state index in [0.717, 1.165) is 18.7 Å². The minimum absolute atomic E-state index is 0.0193. The molecular weight excluding hydrogens is 252 g/mol. The van der Waals surface area contributed by atoms with Gasteiger partial charge in [-0.05, 0) is 38.3 Å². The van der Waals surface area contributed by atoms with E-state index in [9.17, 15) is 9.59 Å². The quantitative estimate of drug-likeness (QED) is 0.911. The lowest BCUT2D eigenvalue weighted by Gasteiger charge is -2.17. The van der Waals surface area contributed by atoms with E-state index in [0.29, 0.717) is 6.42 Å². The van der Waals surface area contributed by atoms with Gasteiger partial charge in [-0.2, -0.15) is 0 Å². The summed E-state index contributed by atoms with van der Waals surface area (Å²) in [7, 11) is 0. The molecule has 0 aromatic heterocycles. The molecule has 3 rings (SSSR count). The first-order valence-electron chi connectivity index (χ1n) is 7.27. The molecule has 0 radical (unpaired) electrons. The monoisotopic (exact) mass is 272 g/mol. The van der Waals surface area contributed by atoms with E-state index in [1.165, 1.54) is 5.56 Å². The average Bonchev–Trinajstić information content (AvgIpc) is 3.10. The number of hydrogen-bond acceptors (Lipinski definition) is 2. The summed E-state index contributed by atoms with van der Waals surface area (Å²) in [6.07, 6.45) is 1.60. The molecule has 2 atom stereocenters. The highest BCUT2D eigenvalue weighted by molar-refractivity contribution is 6.02. The topological polar surface area (TPSA) is 49.4 Å². The number of anilines is 1. The number of fused-ring (bicyclic) bond motifs is 1. The Morgan fingerprint density at radius 1 is 1.25 bits per heavy atom. The molecule has 1 heterocycles. The number of nitrogens with zero attached hydrogens (tertiary/aromatic N) is 1. The number of amides is 2. The van der Waals surface area contributed by atoms with Gasteiger partial charge in [-0.1, -0.05) is 18.2 Å². The van der Waals surface area contributed by atoms with Crippen molar-refractivity contribution in [1.82, 2.24) is 5.32 Å². The Labute approximate surface area is 119 Å². The van der Waals surface area contributed by atoms with E-state index >= 15 is 0 Å². The van der Waals surface area contributed by atoms with E-state index in [4.69, 9.17) is 0 Å². The van der Waals surface area contributed by atoms with Crippen LogP contribution in [-0.2, 0) is 16.0 Å². The molecule has 1 saturated carbocycles. The predicted molar refractivity (Wildman–Crippen MR) is 77.4 cm³/mol. The number of benzene rings is 1. The van der Waals surface area contributed by atoms with Gasteiger partial charge in [0.15, 0.2) is 0 Å². The van der Waals surface area contributed by atoms with Crippen LogP contribution in [0.2, 0.25) is 0 Å². The number of para-hydroxylation sites is 1. The Bertz CT molecular complexity index is 553. The molecule has 1 fully saturated rings. The average molecular weight is 272 g/mol. The second-order valence-corrected chi connectivity index (χ2v) is 5.98. The molecule has 1 aromatic rings. The molecule has 2 unspecified atom stereocenters. The third kappa shape index (κ3) is 2.30. The van der Waals surface area contributed by atoms with Crippen LogP contribution < -0.4 is 10.2 Å². The Morgan fingerprint density at radius 3 is 2.75 bits per heavy atom. The molecule has 1 N–H and O–H groups in total.